The van der Waals surface area contributed by atoms with Crippen LogP contribution in [0.2, 0.25) is 5.02 Å². The van der Waals surface area contributed by atoms with Crippen LogP contribution in [0, 0.1) is 0 Å². The number of ether oxygens (including phenoxy) is 2. The second-order valence-electron chi connectivity index (χ2n) is 4.80. The molecule has 0 atom stereocenters. The van der Waals surface area contributed by atoms with Crippen molar-refractivity contribution in [3.8, 4) is 11.5 Å². The lowest BCUT2D eigenvalue weighted by Crippen LogP contribution is -2.12. The maximum atomic E-state index is 6.34. The van der Waals surface area contributed by atoms with Gasteiger partial charge < -0.3 is 14.8 Å². The smallest absolute Gasteiger partial charge is 0.180 e. The number of hydrogen-bond donors (Lipinski definition) is 1. The van der Waals surface area contributed by atoms with Gasteiger partial charge in [0.2, 0.25) is 0 Å². The monoisotopic (exact) mass is 317 g/mol. The first-order chi connectivity index (χ1) is 10.7. The molecule has 1 N–H and O–H groups in total. The molecule has 0 radical (unpaired) electrons. The minimum absolute atomic E-state index is 0.449. The lowest BCUT2D eigenvalue weighted by molar-refractivity contribution is 0.284. The fraction of sp³-hybridized carbons (Fsp3) is 0.222. The van der Waals surface area contributed by atoms with Gasteiger partial charge in [-0.3, -0.25) is 0 Å². The standard InChI is InChI=1S/C18H20ClNO2/c1-3-9-20-12-15-10-16(19)18(17(11-15)21-2)22-13-14-7-5-4-6-8-14/h3-8,10-11,20H,1,9,12-13H2,2H3. The SMILES string of the molecule is C=CCNCc1cc(Cl)c(OCc2ccccc2)c(OC)c1. The molecule has 0 bridgehead atoms. The van der Waals surface area contributed by atoms with Crippen LogP contribution in [-0.4, -0.2) is 13.7 Å². The summed E-state index contributed by atoms with van der Waals surface area (Å²) in [6.45, 7) is 5.56. The van der Waals surface area contributed by atoms with Gasteiger partial charge in [-0.1, -0.05) is 48.0 Å². The summed E-state index contributed by atoms with van der Waals surface area (Å²) in [6, 6.07) is 13.8. The number of hydrogen-bond acceptors (Lipinski definition) is 3. The number of rotatable bonds is 8. The molecule has 0 amide bonds. The molecule has 0 aliphatic heterocycles. The lowest BCUT2D eigenvalue weighted by atomic mass is 10.2. The third-order valence-corrected chi connectivity index (χ3v) is 3.41. The molecular weight excluding hydrogens is 298 g/mol. The van der Waals surface area contributed by atoms with Crippen molar-refractivity contribution < 1.29 is 9.47 Å². The van der Waals surface area contributed by atoms with E-state index in [1.165, 1.54) is 0 Å². The topological polar surface area (TPSA) is 30.5 Å². The van der Waals surface area contributed by atoms with Crippen molar-refractivity contribution in [1.82, 2.24) is 5.32 Å². The van der Waals surface area contributed by atoms with E-state index in [1.54, 1.807) is 7.11 Å². The van der Waals surface area contributed by atoms with Crippen molar-refractivity contribution >= 4 is 11.6 Å². The third-order valence-electron chi connectivity index (χ3n) is 3.13. The van der Waals surface area contributed by atoms with Gasteiger partial charge in [-0.25, -0.2) is 0 Å². The Balaban J connectivity index is 2.11. The Labute approximate surface area is 136 Å². The van der Waals surface area contributed by atoms with Gasteiger partial charge in [-0.05, 0) is 23.3 Å². The van der Waals surface area contributed by atoms with E-state index in [9.17, 15) is 0 Å². The highest BCUT2D eigenvalue weighted by molar-refractivity contribution is 6.32. The Morgan fingerprint density at radius 2 is 1.95 bits per heavy atom. The van der Waals surface area contributed by atoms with Gasteiger partial charge in [0.1, 0.15) is 6.61 Å². The van der Waals surface area contributed by atoms with Crippen LogP contribution in [0.3, 0.4) is 0 Å². The Morgan fingerprint density at radius 1 is 1.18 bits per heavy atom. The molecule has 2 aromatic rings. The lowest BCUT2D eigenvalue weighted by Gasteiger charge is -2.14. The minimum atomic E-state index is 0.449. The zero-order chi connectivity index (χ0) is 15.8. The first kappa shape index (κ1) is 16.4. The van der Waals surface area contributed by atoms with Crippen LogP contribution in [0.1, 0.15) is 11.1 Å². The van der Waals surface area contributed by atoms with E-state index >= 15 is 0 Å². The summed E-state index contributed by atoms with van der Waals surface area (Å²) in [6.07, 6.45) is 1.82. The van der Waals surface area contributed by atoms with Gasteiger partial charge in [0.15, 0.2) is 11.5 Å². The van der Waals surface area contributed by atoms with Gasteiger partial charge >= 0.3 is 0 Å². The average molecular weight is 318 g/mol. The molecule has 0 fully saturated rings. The van der Waals surface area contributed by atoms with Crippen molar-refractivity contribution in [2.24, 2.45) is 0 Å². The van der Waals surface area contributed by atoms with E-state index in [4.69, 9.17) is 21.1 Å². The molecule has 0 aliphatic rings. The van der Waals surface area contributed by atoms with Crippen LogP contribution >= 0.6 is 11.6 Å². The maximum absolute atomic E-state index is 6.34. The molecule has 0 saturated heterocycles. The molecular formula is C18H20ClNO2. The zero-order valence-electron chi connectivity index (χ0n) is 12.6. The van der Waals surface area contributed by atoms with Crippen LogP contribution in [0.4, 0.5) is 0 Å². The number of methoxy groups -OCH3 is 1. The maximum Gasteiger partial charge on any atom is 0.180 e. The summed E-state index contributed by atoms with van der Waals surface area (Å²) in [5.41, 5.74) is 2.12. The second-order valence-corrected chi connectivity index (χ2v) is 5.21. The van der Waals surface area contributed by atoms with Gasteiger partial charge in [0.25, 0.3) is 0 Å². The van der Waals surface area contributed by atoms with Gasteiger partial charge in [0.05, 0.1) is 12.1 Å². The molecule has 0 aliphatic carbocycles. The first-order valence-corrected chi connectivity index (χ1v) is 7.47. The molecule has 116 valence electrons. The summed E-state index contributed by atoms with van der Waals surface area (Å²) in [7, 11) is 1.61. The first-order valence-electron chi connectivity index (χ1n) is 7.09. The largest absolute Gasteiger partial charge is 0.493 e. The molecule has 0 spiro atoms. The highest BCUT2D eigenvalue weighted by atomic mass is 35.5. The van der Waals surface area contributed by atoms with Crippen LogP contribution in [0.15, 0.2) is 55.1 Å². The summed E-state index contributed by atoms with van der Waals surface area (Å²) in [5, 5.41) is 3.78. The number of halogens is 1. The average Bonchev–Trinajstić information content (AvgIpc) is 2.54. The van der Waals surface area contributed by atoms with E-state index in [1.807, 2.05) is 48.5 Å². The summed E-state index contributed by atoms with van der Waals surface area (Å²) in [5.74, 6) is 1.21. The highest BCUT2D eigenvalue weighted by Crippen LogP contribution is 2.36. The fourth-order valence-electron chi connectivity index (χ4n) is 2.06. The molecule has 0 unspecified atom stereocenters. The van der Waals surface area contributed by atoms with Crippen molar-refractivity contribution in [3.63, 3.8) is 0 Å². The summed E-state index contributed by atoms with van der Waals surface area (Å²) >= 11 is 6.34. The predicted octanol–water partition coefficient (Wildman–Crippen LogP) is 4.20. The van der Waals surface area contributed by atoms with E-state index in [-0.39, 0.29) is 0 Å². The molecule has 3 nitrogen and oxygen atoms in total. The molecule has 22 heavy (non-hydrogen) atoms. The van der Waals surface area contributed by atoms with Crippen LogP contribution < -0.4 is 14.8 Å². The van der Waals surface area contributed by atoms with Crippen molar-refractivity contribution in [1.29, 1.82) is 0 Å². The Morgan fingerprint density at radius 3 is 2.64 bits per heavy atom. The molecule has 0 saturated carbocycles. The fourth-order valence-corrected chi connectivity index (χ4v) is 2.35. The zero-order valence-corrected chi connectivity index (χ0v) is 13.4. The summed E-state index contributed by atoms with van der Waals surface area (Å²) in [4.78, 5) is 0. The van der Waals surface area contributed by atoms with Crippen LogP contribution in [-0.2, 0) is 13.2 Å². The highest BCUT2D eigenvalue weighted by Gasteiger charge is 2.12. The van der Waals surface area contributed by atoms with Crippen LogP contribution in [0.25, 0.3) is 0 Å². The summed E-state index contributed by atoms with van der Waals surface area (Å²) < 4.78 is 11.2. The molecule has 0 aromatic heterocycles. The van der Waals surface area contributed by atoms with E-state index in [0.717, 1.165) is 17.7 Å². The Kier molecular flexibility index (Phi) is 6.31. The molecule has 4 heteroatoms. The van der Waals surface area contributed by atoms with Crippen molar-refractivity contribution in [2.45, 2.75) is 13.2 Å². The predicted molar refractivity (Wildman–Crippen MR) is 90.7 cm³/mol. The minimum Gasteiger partial charge on any atom is -0.493 e. The molecule has 0 heterocycles. The van der Waals surface area contributed by atoms with E-state index in [2.05, 4.69) is 11.9 Å². The van der Waals surface area contributed by atoms with Crippen LogP contribution in [0.5, 0.6) is 11.5 Å². The number of benzene rings is 2. The van der Waals surface area contributed by atoms with Gasteiger partial charge in [-0.15, -0.1) is 6.58 Å². The Hall–Kier alpha value is -1.97. The third kappa shape index (κ3) is 4.52. The molecule has 2 rings (SSSR count). The molecule has 2 aromatic carbocycles. The second kappa shape index (κ2) is 8.47. The van der Waals surface area contributed by atoms with E-state index < -0.39 is 0 Å². The normalized spacial score (nSPS) is 10.3. The van der Waals surface area contributed by atoms with Gasteiger partial charge in [-0.2, -0.15) is 0 Å². The van der Waals surface area contributed by atoms with Gasteiger partial charge in [0, 0.05) is 13.1 Å². The van der Waals surface area contributed by atoms with Crippen molar-refractivity contribution in [2.75, 3.05) is 13.7 Å². The van der Waals surface area contributed by atoms with E-state index in [0.29, 0.717) is 29.7 Å². The quantitative estimate of drug-likeness (QED) is 0.584. The number of nitrogens with one attached hydrogen (secondary N) is 1. The Bertz CT molecular complexity index is 614. The van der Waals surface area contributed by atoms with Crippen molar-refractivity contribution in [3.05, 3.63) is 71.3 Å².